The monoisotopic (exact) mass is 381 g/mol. The van der Waals surface area contributed by atoms with Crippen LogP contribution in [-0.4, -0.2) is 33.0 Å². The summed E-state index contributed by atoms with van der Waals surface area (Å²) in [6, 6.07) is 5.32. The first kappa shape index (κ1) is 20.9. The Balaban J connectivity index is 1.93. The van der Waals surface area contributed by atoms with Crippen molar-refractivity contribution in [1.29, 1.82) is 0 Å². The Kier molecular flexibility index (Phi) is 6.82. The molecule has 1 aliphatic carbocycles. The number of aryl methyl sites for hydroxylation is 2. The summed E-state index contributed by atoms with van der Waals surface area (Å²) >= 11 is 0. The van der Waals surface area contributed by atoms with E-state index in [1.165, 1.54) is 5.56 Å². The Morgan fingerprint density at radius 1 is 1.23 bits per heavy atom. The van der Waals surface area contributed by atoms with E-state index in [9.17, 15) is 13.2 Å². The molecule has 1 unspecified atom stereocenters. The van der Waals surface area contributed by atoms with Crippen molar-refractivity contribution in [3.63, 3.8) is 0 Å². The van der Waals surface area contributed by atoms with Crippen LogP contribution in [0.4, 0.5) is 0 Å². The van der Waals surface area contributed by atoms with Gasteiger partial charge in [-0.2, -0.15) is 0 Å². The fourth-order valence-corrected chi connectivity index (χ4v) is 4.15. The summed E-state index contributed by atoms with van der Waals surface area (Å²) in [5.74, 6) is -0.0246. The van der Waals surface area contributed by atoms with E-state index in [0.29, 0.717) is 6.54 Å². The van der Waals surface area contributed by atoms with Crippen molar-refractivity contribution in [2.75, 3.05) is 13.1 Å². The molecule has 0 saturated heterocycles. The highest BCUT2D eigenvalue weighted by atomic mass is 32.2. The largest absolute Gasteiger partial charge is 0.349 e. The lowest BCUT2D eigenvalue weighted by molar-refractivity contribution is -0.123. The standard InChI is InChI=1S/C19H31N3O3S/c1-14(2)19(3,13-20)22-18(23)10-11-21-26(24,25)17-9-8-15-6-4-5-7-16(15)12-17/h8-9,12,14,21H,4-7,10-11,13,20H2,1-3H3,(H,22,23). The van der Waals surface area contributed by atoms with Crippen LogP contribution >= 0.6 is 0 Å². The summed E-state index contributed by atoms with van der Waals surface area (Å²) < 4.78 is 27.5. The average Bonchev–Trinajstić information content (AvgIpc) is 2.60. The highest BCUT2D eigenvalue weighted by Gasteiger charge is 2.28. The second-order valence-electron chi connectivity index (χ2n) is 7.61. The molecule has 4 N–H and O–H groups in total. The lowest BCUT2D eigenvalue weighted by Crippen LogP contribution is -2.55. The van der Waals surface area contributed by atoms with Gasteiger partial charge in [0.15, 0.2) is 0 Å². The van der Waals surface area contributed by atoms with E-state index in [-0.39, 0.29) is 29.7 Å². The van der Waals surface area contributed by atoms with E-state index in [4.69, 9.17) is 5.73 Å². The van der Waals surface area contributed by atoms with Crippen LogP contribution in [0.3, 0.4) is 0 Å². The third kappa shape index (κ3) is 5.05. The number of nitrogens with one attached hydrogen (secondary N) is 2. The van der Waals surface area contributed by atoms with Crippen molar-refractivity contribution in [2.45, 2.75) is 63.3 Å². The maximum absolute atomic E-state index is 12.5. The van der Waals surface area contributed by atoms with Crippen LogP contribution in [0.1, 0.15) is 51.2 Å². The average molecular weight is 382 g/mol. The van der Waals surface area contributed by atoms with Crippen molar-refractivity contribution in [3.05, 3.63) is 29.3 Å². The van der Waals surface area contributed by atoms with Gasteiger partial charge in [0.1, 0.15) is 0 Å². The number of nitrogens with two attached hydrogens (primary N) is 1. The minimum atomic E-state index is -3.61. The summed E-state index contributed by atoms with van der Waals surface area (Å²) in [5.41, 5.74) is 7.63. The first-order valence-corrected chi connectivity index (χ1v) is 10.8. The predicted octanol–water partition coefficient (Wildman–Crippen LogP) is 1.72. The van der Waals surface area contributed by atoms with Crippen LogP contribution in [0.25, 0.3) is 0 Å². The molecule has 0 aromatic heterocycles. The van der Waals surface area contributed by atoms with Gasteiger partial charge >= 0.3 is 0 Å². The van der Waals surface area contributed by atoms with Crippen LogP contribution in [0.15, 0.2) is 23.1 Å². The molecule has 146 valence electrons. The molecule has 2 rings (SSSR count). The molecule has 26 heavy (non-hydrogen) atoms. The fraction of sp³-hybridized carbons (Fsp3) is 0.632. The van der Waals surface area contributed by atoms with Gasteiger partial charge < -0.3 is 11.1 Å². The maximum atomic E-state index is 12.5. The molecule has 0 saturated carbocycles. The number of carbonyl (C=O) groups excluding carboxylic acids is 1. The number of rotatable bonds is 8. The number of benzene rings is 1. The topological polar surface area (TPSA) is 101 Å². The van der Waals surface area contributed by atoms with Gasteiger partial charge in [-0.3, -0.25) is 4.79 Å². The van der Waals surface area contributed by atoms with Gasteiger partial charge in [0.2, 0.25) is 15.9 Å². The summed E-state index contributed by atoms with van der Waals surface area (Å²) in [6.45, 7) is 6.27. The Morgan fingerprint density at radius 3 is 2.50 bits per heavy atom. The Morgan fingerprint density at radius 2 is 1.88 bits per heavy atom. The molecule has 0 spiro atoms. The molecular formula is C19H31N3O3S. The number of hydrogen-bond acceptors (Lipinski definition) is 4. The molecule has 0 fully saturated rings. The first-order chi connectivity index (χ1) is 12.2. The molecule has 6 nitrogen and oxygen atoms in total. The molecule has 1 atom stereocenters. The normalized spacial score (nSPS) is 16.8. The molecule has 1 amide bonds. The molecule has 7 heteroatoms. The zero-order valence-electron chi connectivity index (χ0n) is 16.0. The van der Waals surface area contributed by atoms with E-state index in [2.05, 4.69) is 10.0 Å². The second-order valence-corrected chi connectivity index (χ2v) is 9.38. The molecule has 0 aliphatic heterocycles. The highest BCUT2D eigenvalue weighted by molar-refractivity contribution is 7.89. The van der Waals surface area contributed by atoms with Crippen molar-refractivity contribution in [1.82, 2.24) is 10.0 Å². The minimum Gasteiger partial charge on any atom is -0.349 e. The summed E-state index contributed by atoms with van der Waals surface area (Å²) in [7, 11) is -3.61. The van der Waals surface area contributed by atoms with E-state index in [1.54, 1.807) is 12.1 Å². The molecule has 0 radical (unpaired) electrons. The van der Waals surface area contributed by atoms with Crippen molar-refractivity contribution < 1.29 is 13.2 Å². The summed E-state index contributed by atoms with van der Waals surface area (Å²) in [4.78, 5) is 12.4. The van der Waals surface area contributed by atoms with Crippen LogP contribution < -0.4 is 15.8 Å². The van der Waals surface area contributed by atoms with E-state index < -0.39 is 15.6 Å². The number of fused-ring (bicyclic) bond motifs is 1. The van der Waals surface area contributed by atoms with Crippen molar-refractivity contribution >= 4 is 15.9 Å². The van der Waals surface area contributed by atoms with Crippen LogP contribution in [-0.2, 0) is 27.7 Å². The second kappa shape index (κ2) is 8.50. The van der Waals surface area contributed by atoms with Crippen LogP contribution in [0, 0.1) is 5.92 Å². The lowest BCUT2D eigenvalue weighted by Gasteiger charge is -2.33. The van der Waals surface area contributed by atoms with E-state index >= 15 is 0 Å². The molecular weight excluding hydrogens is 350 g/mol. The zero-order valence-corrected chi connectivity index (χ0v) is 16.8. The third-order valence-electron chi connectivity index (χ3n) is 5.40. The number of carbonyl (C=O) groups is 1. The molecule has 1 aromatic rings. The highest BCUT2D eigenvalue weighted by Crippen LogP contribution is 2.24. The van der Waals surface area contributed by atoms with Gasteiger partial charge in [0.25, 0.3) is 0 Å². The number of sulfonamides is 1. The van der Waals surface area contributed by atoms with Gasteiger partial charge in [0.05, 0.1) is 10.4 Å². The van der Waals surface area contributed by atoms with Gasteiger partial charge in [0, 0.05) is 19.5 Å². The quantitative estimate of drug-likeness (QED) is 0.638. The van der Waals surface area contributed by atoms with Crippen LogP contribution in [0.5, 0.6) is 0 Å². The van der Waals surface area contributed by atoms with E-state index in [0.717, 1.165) is 31.2 Å². The fourth-order valence-electron chi connectivity index (χ4n) is 3.07. The summed E-state index contributed by atoms with van der Waals surface area (Å²) in [6.07, 6.45) is 4.27. The molecule has 0 bridgehead atoms. The van der Waals surface area contributed by atoms with Gasteiger partial charge in [-0.15, -0.1) is 0 Å². The Labute approximate surface area is 157 Å². The zero-order chi connectivity index (χ0) is 19.4. The molecule has 1 aromatic carbocycles. The smallest absolute Gasteiger partial charge is 0.240 e. The third-order valence-corrected chi connectivity index (χ3v) is 6.86. The number of amides is 1. The first-order valence-electron chi connectivity index (χ1n) is 9.30. The Hall–Kier alpha value is -1.44. The SMILES string of the molecule is CC(C)C(C)(CN)NC(=O)CCNS(=O)(=O)c1ccc2c(c1)CCCC2. The van der Waals surface area contributed by atoms with Gasteiger partial charge in [-0.1, -0.05) is 19.9 Å². The van der Waals surface area contributed by atoms with Crippen LogP contribution in [0.2, 0.25) is 0 Å². The van der Waals surface area contributed by atoms with Crippen molar-refractivity contribution in [2.24, 2.45) is 11.7 Å². The lowest BCUT2D eigenvalue weighted by atomic mass is 9.88. The maximum Gasteiger partial charge on any atom is 0.240 e. The van der Waals surface area contributed by atoms with Gasteiger partial charge in [-0.25, -0.2) is 13.1 Å². The predicted molar refractivity (Wildman–Crippen MR) is 103 cm³/mol. The summed E-state index contributed by atoms with van der Waals surface area (Å²) in [5, 5.41) is 2.91. The molecule has 1 aliphatic rings. The molecule has 0 heterocycles. The van der Waals surface area contributed by atoms with Crippen molar-refractivity contribution in [3.8, 4) is 0 Å². The Bertz CT molecular complexity index is 746. The van der Waals surface area contributed by atoms with Gasteiger partial charge in [-0.05, 0) is 61.8 Å². The number of hydrogen-bond donors (Lipinski definition) is 3. The van der Waals surface area contributed by atoms with E-state index in [1.807, 2.05) is 26.8 Å². The minimum absolute atomic E-state index is 0.0595.